The normalized spacial score (nSPS) is 19.6. The van der Waals surface area contributed by atoms with E-state index in [0.717, 1.165) is 50.4 Å². The monoisotopic (exact) mass is 500 g/mol. The topological polar surface area (TPSA) is 189 Å². The third-order valence-electron chi connectivity index (χ3n) is 6.45. The maximum absolute atomic E-state index is 11.6. The number of nitrogens with zero attached hydrogens (tertiary/aromatic N) is 4. The van der Waals surface area contributed by atoms with Gasteiger partial charge in [0, 0.05) is 26.2 Å². The molecule has 4 rings (SSSR count). The Morgan fingerprint density at radius 3 is 1.47 bits per heavy atom. The lowest BCUT2D eigenvalue weighted by molar-refractivity contribution is -0.146. The highest BCUT2D eigenvalue weighted by Gasteiger charge is 2.28. The zero-order chi connectivity index (χ0) is 26.2. The first-order valence-electron chi connectivity index (χ1n) is 11.9. The number of carbonyl (C=O) groups is 2. The van der Waals surface area contributed by atoms with Crippen molar-refractivity contribution in [3.63, 3.8) is 0 Å². The molecule has 2 fully saturated rings. The van der Waals surface area contributed by atoms with Crippen molar-refractivity contribution in [2.75, 3.05) is 73.1 Å². The average Bonchev–Trinajstić information content (AvgIpc) is 2.91. The SMILES string of the molecule is COC(=O)[C@@H]1CCCN(c2ccc(N)c(N)n2)C1.COC(=O)[C@@H]1CCCN(c2ccc(N)c(N)n2)C1. The van der Waals surface area contributed by atoms with Crippen LogP contribution in [0.1, 0.15) is 25.7 Å². The molecule has 2 aromatic rings. The van der Waals surface area contributed by atoms with Crippen LogP contribution in [0.15, 0.2) is 24.3 Å². The molecule has 2 aromatic heterocycles. The van der Waals surface area contributed by atoms with Gasteiger partial charge < -0.3 is 42.2 Å². The van der Waals surface area contributed by atoms with Crippen molar-refractivity contribution in [1.29, 1.82) is 0 Å². The third kappa shape index (κ3) is 6.58. The molecular formula is C24H36N8O4. The van der Waals surface area contributed by atoms with Gasteiger partial charge in [-0.1, -0.05) is 0 Å². The number of esters is 2. The zero-order valence-corrected chi connectivity index (χ0v) is 20.9. The second-order valence-electron chi connectivity index (χ2n) is 8.90. The van der Waals surface area contributed by atoms with Gasteiger partial charge in [0.05, 0.1) is 37.4 Å². The van der Waals surface area contributed by atoms with Gasteiger partial charge in [0.1, 0.15) is 23.3 Å². The third-order valence-corrected chi connectivity index (χ3v) is 6.45. The number of hydrogen-bond donors (Lipinski definition) is 4. The number of anilines is 6. The molecule has 12 nitrogen and oxygen atoms in total. The summed E-state index contributed by atoms with van der Waals surface area (Å²) in [5.74, 6) is 1.66. The molecule has 0 spiro atoms. The van der Waals surface area contributed by atoms with Crippen LogP contribution in [0, 0.1) is 11.8 Å². The number of rotatable bonds is 4. The van der Waals surface area contributed by atoms with Crippen LogP contribution in [0.25, 0.3) is 0 Å². The predicted molar refractivity (Wildman–Crippen MR) is 140 cm³/mol. The lowest BCUT2D eigenvalue weighted by Gasteiger charge is -2.32. The van der Waals surface area contributed by atoms with Gasteiger partial charge in [0.2, 0.25) is 0 Å². The van der Waals surface area contributed by atoms with Crippen molar-refractivity contribution in [2.45, 2.75) is 25.7 Å². The highest BCUT2D eigenvalue weighted by Crippen LogP contribution is 2.26. The van der Waals surface area contributed by atoms with Crippen molar-refractivity contribution >= 4 is 46.6 Å². The maximum Gasteiger partial charge on any atom is 0.310 e. The van der Waals surface area contributed by atoms with Crippen molar-refractivity contribution < 1.29 is 19.1 Å². The molecule has 12 heteroatoms. The minimum atomic E-state index is -0.164. The van der Waals surface area contributed by atoms with Crippen LogP contribution in [0.3, 0.4) is 0 Å². The van der Waals surface area contributed by atoms with E-state index in [1.165, 1.54) is 14.2 Å². The molecule has 4 heterocycles. The number of nitrogen functional groups attached to an aromatic ring is 4. The molecule has 0 radical (unpaired) electrons. The fourth-order valence-electron chi connectivity index (χ4n) is 4.39. The van der Waals surface area contributed by atoms with Crippen LogP contribution in [0.5, 0.6) is 0 Å². The number of carbonyl (C=O) groups excluding carboxylic acids is 2. The second kappa shape index (κ2) is 12.1. The van der Waals surface area contributed by atoms with Crippen LogP contribution in [0.2, 0.25) is 0 Å². The largest absolute Gasteiger partial charge is 0.469 e. The molecule has 8 N–H and O–H groups in total. The van der Waals surface area contributed by atoms with Gasteiger partial charge in [-0.2, -0.15) is 0 Å². The number of methoxy groups -OCH3 is 2. The van der Waals surface area contributed by atoms with E-state index in [1.54, 1.807) is 12.1 Å². The molecule has 196 valence electrons. The summed E-state index contributed by atoms with van der Waals surface area (Å²) in [6, 6.07) is 7.12. The Bertz CT molecular complexity index is 983. The lowest BCUT2D eigenvalue weighted by atomic mass is 9.98. The molecule has 2 aliphatic rings. The summed E-state index contributed by atoms with van der Waals surface area (Å²) in [5, 5.41) is 0. The Morgan fingerprint density at radius 1 is 0.750 bits per heavy atom. The van der Waals surface area contributed by atoms with E-state index in [2.05, 4.69) is 9.97 Å². The maximum atomic E-state index is 11.6. The predicted octanol–water partition coefficient (Wildman–Crippen LogP) is 1.27. The quantitative estimate of drug-likeness (QED) is 0.441. The highest BCUT2D eigenvalue weighted by molar-refractivity contribution is 5.74. The fourth-order valence-corrected chi connectivity index (χ4v) is 4.39. The summed E-state index contributed by atoms with van der Waals surface area (Å²) in [7, 11) is 2.83. The zero-order valence-electron chi connectivity index (χ0n) is 20.9. The number of nitrogens with two attached hydrogens (primary N) is 4. The van der Waals surface area contributed by atoms with Gasteiger partial charge >= 0.3 is 11.9 Å². The highest BCUT2D eigenvalue weighted by atomic mass is 16.5. The van der Waals surface area contributed by atoms with E-state index in [1.807, 2.05) is 21.9 Å². The average molecular weight is 501 g/mol. The Morgan fingerprint density at radius 2 is 1.14 bits per heavy atom. The number of piperidine rings is 2. The molecule has 0 aliphatic carbocycles. The first kappa shape index (κ1) is 26.6. The lowest BCUT2D eigenvalue weighted by Crippen LogP contribution is -2.39. The summed E-state index contributed by atoms with van der Waals surface area (Å²) in [4.78, 5) is 35.7. The van der Waals surface area contributed by atoms with Crippen LogP contribution in [-0.4, -0.2) is 62.3 Å². The smallest absolute Gasteiger partial charge is 0.310 e. The van der Waals surface area contributed by atoms with Crippen LogP contribution in [0.4, 0.5) is 34.6 Å². The number of pyridine rings is 2. The van der Waals surface area contributed by atoms with E-state index in [9.17, 15) is 9.59 Å². The molecule has 36 heavy (non-hydrogen) atoms. The van der Waals surface area contributed by atoms with E-state index >= 15 is 0 Å². The number of aromatic nitrogens is 2. The molecule has 0 saturated carbocycles. The van der Waals surface area contributed by atoms with Crippen LogP contribution >= 0.6 is 0 Å². The summed E-state index contributed by atoms with van der Waals surface area (Å²) >= 11 is 0. The van der Waals surface area contributed by atoms with Gasteiger partial charge in [0.25, 0.3) is 0 Å². The standard InChI is InChI=1S/2C12H18N4O2/c2*1-18-12(17)8-3-2-6-16(7-8)10-5-4-9(13)11(14)15-10/h2*4-5,8H,2-3,6-7,13H2,1H3,(H2,14,15)/t2*8-/m11/s1. The molecule has 0 bridgehead atoms. The fraction of sp³-hybridized carbons (Fsp3) is 0.500. The van der Waals surface area contributed by atoms with Gasteiger partial charge in [-0.25, -0.2) is 9.97 Å². The van der Waals surface area contributed by atoms with E-state index in [4.69, 9.17) is 32.4 Å². The van der Waals surface area contributed by atoms with E-state index in [-0.39, 0.29) is 23.8 Å². The molecular weight excluding hydrogens is 464 g/mol. The van der Waals surface area contributed by atoms with E-state index in [0.29, 0.717) is 36.1 Å². The van der Waals surface area contributed by atoms with Gasteiger partial charge in [-0.15, -0.1) is 0 Å². The minimum absolute atomic E-state index is 0.0932. The van der Waals surface area contributed by atoms with Gasteiger partial charge in [-0.3, -0.25) is 9.59 Å². The van der Waals surface area contributed by atoms with Crippen LogP contribution in [-0.2, 0) is 19.1 Å². The Hall–Kier alpha value is -3.96. The van der Waals surface area contributed by atoms with Crippen molar-refractivity contribution in [2.24, 2.45) is 11.8 Å². The summed E-state index contributed by atoms with van der Waals surface area (Å²) in [5.41, 5.74) is 23.6. The summed E-state index contributed by atoms with van der Waals surface area (Å²) in [6.45, 7) is 2.96. The molecule has 2 saturated heterocycles. The molecule has 0 unspecified atom stereocenters. The first-order valence-corrected chi connectivity index (χ1v) is 11.9. The second-order valence-corrected chi connectivity index (χ2v) is 8.90. The van der Waals surface area contributed by atoms with E-state index < -0.39 is 0 Å². The summed E-state index contributed by atoms with van der Waals surface area (Å²) in [6.07, 6.45) is 3.58. The Labute approximate surface area is 210 Å². The molecule has 2 atom stereocenters. The Kier molecular flexibility index (Phi) is 8.98. The van der Waals surface area contributed by atoms with Gasteiger partial charge in [-0.05, 0) is 49.9 Å². The molecule has 0 amide bonds. The summed E-state index contributed by atoms with van der Waals surface area (Å²) < 4.78 is 9.57. The van der Waals surface area contributed by atoms with Crippen molar-refractivity contribution in [3.8, 4) is 0 Å². The first-order chi connectivity index (χ1) is 17.2. The number of ether oxygens (including phenoxy) is 2. The minimum Gasteiger partial charge on any atom is -0.469 e. The van der Waals surface area contributed by atoms with Gasteiger partial charge in [0.15, 0.2) is 0 Å². The van der Waals surface area contributed by atoms with Crippen molar-refractivity contribution in [1.82, 2.24) is 9.97 Å². The molecule has 0 aromatic carbocycles. The Balaban J connectivity index is 0.000000201. The molecule has 2 aliphatic heterocycles. The van der Waals surface area contributed by atoms with Crippen LogP contribution < -0.4 is 32.7 Å². The van der Waals surface area contributed by atoms with Crippen molar-refractivity contribution in [3.05, 3.63) is 24.3 Å². The number of hydrogen-bond acceptors (Lipinski definition) is 12.